The van der Waals surface area contributed by atoms with Crippen LogP contribution in [0.15, 0.2) is 18.2 Å². The van der Waals surface area contributed by atoms with E-state index in [1.165, 1.54) is 7.11 Å². The molecule has 0 bridgehead atoms. The minimum atomic E-state index is -4.69. The molecule has 0 spiro atoms. The fourth-order valence-corrected chi connectivity index (χ4v) is 4.12. The maximum atomic E-state index is 13.5. The second-order valence-electron chi connectivity index (χ2n) is 7.58. The van der Waals surface area contributed by atoms with Crippen molar-refractivity contribution in [2.45, 2.75) is 45.4 Å². The molecular weight excluding hydrogens is 389 g/mol. The van der Waals surface area contributed by atoms with Crippen LogP contribution in [0.3, 0.4) is 0 Å². The van der Waals surface area contributed by atoms with E-state index in [0.717, 1.165) is 16.7 Å². The van der Waals surface area contributed by atoms with E-state index < -0.39 is 48.4 Å². The number of carboxylic acid groups (broad SMARTS) is 1. The fourth-order valence-electron chi connectivity index (χ4n) is 4.12. The van der Waals surface area contributed by atoms with Gasteiger partial charge in [0.15, 0.2) is 5.78 Å². The van der Waals surface area contributed by atoms with Crippen LogP contribution >= 0.6 is 0 Å². The fraction of sp³-hybridized carbons (Fsp3) is 0.619. The summed E-state index contributed by atoms with van der Waals surface area (Å²) >= 11 is 0. The number of rotatable bonds is 9. The van der Waals surface area contributed by atoms with Gasteiger partial charge in [0.05, 0.1) is 6.10 Å². The van der Waals surface area contributed by atoms with Gasteiger partial charge in [0.2, 0.25) is 0 Å². The predicted octanol–water partition coefficient (Wildman–Crippen LogP) is 3.74. The van der Waals surface area contributed by atoms with Crippen molar-refractivity contribution >= 4 is 11.8 Å². The lowest BCUT2D eigenvalue weighted by Gasteiger charge is -2.25. The van der Waals surface area contributed by atoms with Gasteiger partial charge in [-0.3, -0.25) is 4.79 Å². The maximum absolute atomic E-state index is 13.5. The van der Waals surface area contributed by atoms with E-state index in [4.69, 9.17) is 14.6 Å². The number of halogens is 3. The molecule has 4 atom stereocenters. The first-order valence-corrected chi connectivity index (χ1v) is 9.55. The van der Waals surface area contributed by atoms with E-state index in [-0.39, 0.29) is 19.4 Å². The van der Waals surface area contributed by atoms with Crippen molar-refractivity contribution in [3.8, 4) is 0 Å². The molecule has 162 valence electrons. The smallest absolute Gasteiger partial charge is 0.401 e. The monoisotopic (exact) mass is 416 g/mol. The van der Waals surface area contributed by atoms with Gasteiger partial charge in [-0.05, 0) is 55.7 Å². The molecule has 1 saturated carbocycles. The SMILES string of the molecule is COC1C(C(F)(F)F)C(=O)[C@H](CCc2ccc(C)c(C)c2)[C@H]1CCOCC(=O)O. The average molecular weight is 416 g/mol. The third-order valence-corrected chi connectivity index (χ3v) is 5.70. The van der Waals surface area contributed by atoms with E-state index in [1.807, 2.05) is 32.0 Å². The highest BCUT2D eigenvalue weighted by molar-refractivity contribution is 5.87. The van der Waals surface area contributed by atoms with E-state index in [2.05, 4.69) is 0 Å². The lowest BCUT2D eigenvalue weighted by molar-refractivity contribution is -0.199. The molecule has 0 heterocycles. The van der Waals surface area contributed by atoms with Crippen LogP contribution in [0.25, 0.3) is 0 Å². The maximum Gasteiger partial charge on any atom is 0.401 e. The molecule has 0 saturated heterocycles. The summed E-state index contributed by atoms with van der Waals surface area (Å²) in [5, 5.41) is 8.65. The van der Waals surface area contributed by atoms with E-state index >= 15 is 0 Å². The first kappa shape index (κ1) is 23.3. The third-order valence-electron chi connectivity index (χ3n) is 5.70. The van der Waals surface area contributed by atoms with Crippen molar-refractivity contribution in [2.24, 2.45) is 17.8 Å². The second-order valence-corrected chi connectivity index (χ2v) is 7.58. The molecule has 0 aromatic heterocycles. The number of carbonyl (C=O) groups excluding carboxylic acids is 1. The Hall–Kier alpha value is -1.93. The summed E-state index contributed by atoms with van der Waals surface area (Å²) < 4.78 is 50.7. The minimum Gasteiger partial charge on any atom is -0.480 e. The highest BCUT2D eigenvalue weighted by Crippen LogP contribution is 2.47. The minimum absolute atomic E-state index is 0.0468. The van der Waals surface area contributed by atoms with Gasteiger partial charge in [0.25, 0.3) is 0 Å². The number of aryl methyl sites for hydroxylation is 3. The van der Waals surface area contributed by atoms with Gasteiger partial charge in [0.1, 0.15) is 12.5 Å². The first-order valence-electron chi connectivity index (χ1n) is 9.55. The normalized spacial score (nSPS) is 24.8. The molecule has 0 aliphatic heterocycles. The van der Waals surface area contributed by atoms with Gasteiger partial charge in [-0.15, -0.1) is 0 Å². The first-order chi connectivity index (χ1) is 13.6. The largest absolute Gasteiger partial charge is 0.480 e. The molecule has 1 aliphatic rings. The van der Waals surface area contributed by atoms with Gasteiger partial charge < -0.3 is 14.6 Å². The molecule has 1 fully saturated rings. The van der Waals surface area contributed by atoms with Crippen LogP contribution in [0, 0.1) is 31.6 Å². The zero-order valence-corrected chi connectivity index (χ0v) is 16.8. The number of alkyl halides is 3. The number of aliphatic carboxylic acids is 1. The van der Waals surface area contributed by atoms with Crippen LogP contribution < -0.4 is 0 Å². The number of ether oxygens (including phenoxy) is 2. The van der Waals surface area contributed by atoms with Gasteiger partial charge >= 0.3 is 12.1 Å². The van der Waals surface area contributed by atoms with Crippen molar-refractivity contribution in [3.05, 3.63) is 34.9 Å². The number of benzene rings is 1. The third kappa shape index (κ3) is 5.79. The van der Waals surface area contributed by atoms with E-state index in [1.54, 1.807) is 0 Å². The molecule has 1 N–H and O–H groups in total. The Labute approximate surface area is 168 Å². The van der Waals surface area contributed by atoms with Crippen molar-refractivity contribution in [3.63, 3.8) is 0 Å². The molecule has 1 aromatic rings. The van der Waals surface area contributed by atoms with Crippen LogP contribution in [0.5, 0.6) is 0 Å². The Bertz CT molecular complexity index is 732. The summed E-state index contributed by atoms with van der Waals surface area (Å²) in [6.45, 7) is 3.36. The predicted molar refractivity (Wildman–Crippen MR) is 99.6 cm³/mol. The zero-order chi connectivity index (χ0) is 21.8. The number of hydrogen-bond donors (Lipinski definition) is 1. The number of hydrogen-bond acceptors (Lipinski definition) is 4. The van der Waals surface area contributed by atoms with E-state index in [9.17, 15) is 22.8 Å². The topological polar surface area (TPSA) is 72.8 Å². The summed E-state index contributed by atoms with van der Waals surface area (Å²) in [5.74, 6) is -5.67. The number of carboxylic acids is 1. The van der Waals surface area contributed by atoms with Crippen LogP contribution in [0.4, 0.5) is 13.2 Å². The van der Waals surface area contributed by atoms with Crippen LogP contribution in [-0.4, -0.2) is 49.5 Å². The number of carbonyl (C=O) groups is 2. The molecule has 0 amide bonds. The Balaban J connectivity index is 2.17. The Morgan fingerprint density at radius 3 is 2.41 bits per heavy atom. The zero-order valence-electron chi connectivity index (χ0n) is 16.8. The van der Waals surface area contributed by atoms with Crippen molar-refractivity contribution in [1.29, 1.82) is 0 Å². The Morgan fingerprint density at radius 1 is 1.17 bits per heavy atom. The molecule has 1 aliphatic carbocycles. The van der Waals surface area contributed by atoms with Crippen LogP contribution in [0.2, 0.25) is 0 Å². The van der Waals surface area contributed by atoms with Crippen LogP contribution in [0.1, 0.15) is 29.5 Å². The molecule has 2 rings (SSSR count). The average Bonchev–Trinajstić information content (AvgIpc) is 2.90. The summed E-state index contributed by atoms with van der Waals surface area (Å²) in [7, 11) is 1.17. The number of Topliss-reactive ketones (excluding diaryl/α,β-unsaturated/α-hetero) is 1. The van der Waals surface area contributed by atoms with Gasteiger partial charge in [0, 0.05) is 19.6 Å². The summed E-state index contributed by atoms with van der Waals surface area (Å²) in [6, 6.07) is 5.85. The molecule has 1 aromatic carbocycles. The Morgan fingerprint density at radius 2 is 1.86 bits per heavy atom. The molecule has 8 heteroatoms. The molecule has 29 heavy (non-hydrogen) atoms. The van der Waals surface area contributed by atoms with Gasteiger partial charge in [-0.25, -0.2) is 4.79 Å². The highest BCUT2D eigenvalue weighted by atomic mass is 19.4. The Kier molecular flexibility index (Phi) is 7.82. The van der Waals surface area contributed by atoms with Gasteiger partial charge in [-0.2, -0.15) is 13.2 Å². The lowest BCUT2D eigenvalue weighted by atomic mass is 9.86. The van der Waals surface area contributed by atoms with Crippen molar-refractivity contribution in [1.82, 2.24) is 0 Å². The molecule has 0 radical (unpaired) electrons. The van der Waals surface area contributed by atoms with E-state index in [0.29, 0.717) is 6.42 Å². The lowest BCUT2D eigenvalue weighted by Crippen LogP contribution is -2.37. The van der Waals surface area contributed by atoms with Gasteiger partial charge in [-0.1, -0.05) is 18.2 Å². The molecule has 2 unspecified atom stereocenters. The highest BCUT2D eigenvalue weighted by Gasteiger charge is 2.60. The summed E-state index contributed by atoms with van der Waals surface area (Å²) in [5.41, 5.74) is 3.17. The van der Waals surface area contributed by atoms with Crippen LogP contribution in [-0.2, 0) is 25.5 Å². The standard InChI is InChI=1S/C21H27F3O5/c1-12-4-5-14(10-13(12)2)6-7-15-16(8-9-29-11-17(25)26)20(28-3)18(19(15)27)21(22,23)24/h4-5,10,15-16,18,20H,6-9,11H2,1-3H3,(H,25,26)/t15-,16-,18?,20?/m1/s1. The number of ketones is 1. The quantitative estimate of drug-likeness (QED) is 0.621. The number of methoxy groups -OCH3 is 1. The van der Waals surface area contributed by atoms with Crippen molar-refractivity contribution < 1.29 is 37.3 Å². The molecular formula is C21H27F3O5. The second kappa shape index (κ2) is 9.71. The van der Waals surface area contributed by atoms with Crippen molar-refractivity contribution in [2.75, 3.05) is 20.3 Å². The molecule has 5 nitrogen and oxygen atoms in total. The summed E-state index contributed by atoms with van der Waals surface area (Å²) in [6.07, 6.45) is -5.10. The summed E-state index contributed by atoms with van der Waals surface area (Å²) in [4.78, 5) is 23.3.